The molecule has 0 unspecified atom stereocenters. The predicted molar refractivity (Wildman–Crippen MR) is 73.1 cm³/mol. The van der Waals surface area contributed by atoms with Crippen LogP contribution in [0.4, 0.5) is 0 Å². The summed E-state index contributed by atoms with van der Waals surface area (Å²) >= 11 is 0. The lowest BCUT2D eigenvalue weighted by atomic mass is 10.1. The van der Waals surface area contributed by atoms with Crippen molar-refractivity contribution in [3.8, 4) is 0 Å². The average Bonchev–Trinajstić information content (AvgIpc) is 2.32. The minimum atomic E-state index is 0.787. The summed E-state index contributed by atoms with van der Waals surface area (Å²) in [6.45, 7) is 1.77. The molecule has 0 spiro atoms. The van der Waals surface area contributed by atoms with Gasteiger partial charge in [-0.2, -0.15) is 0 Å². The van der Waals surface area contributed by atoms with Crippen LogP contribution in [0.1, 0.15) is 11.1 Å². The SMILES string of the molecule is CN=C(NC)NCc1ccc(CN(C)C)cc1. The first kappa shape index (κ1) is 13.5. The van der Waals surface area contributed by atoms with E-state index in [0.717, 1.165) is 19.0 Å². The Morgan fingerprint density at radius 2 is 1.76 bits per heavy atom. The normalized spacial score (nSPS) is 11.7. The minimum absolute atomic E-state index is 0.787. The van der Waals surface area contributed by atoms with Gasteiger partial charge in [0.1, 0.15) is 0 Å². The van der Waals surface area contributed by atoms with Gasteiger partial charge in [0.05, 0.1) is 0 Å². The fourth-order valence-corrected chi connectivity index (χ4v) is 1.59. The van der Waals surface area contributed by atoms with Gasteiger partial charge in [0.25, 0.3) is 0 Å². The van der Waals surface area contributed by atoms with Gasteiger partial charge in [-0.1, -0.05) is 24.3 Å². The Morgan fingerprint density at radius 3 is 2.24 bits per heavy atom. The third kappa shape index (κ3) is 4.87. The van der Waals surface area contributed by atoms with Crippen molar-refractivity contribution < 1.29 is 0 Å². The molecule has 0 aliphatic heterocycles. The van der Waals surface area contributed by atoms with E-state index >= 15 is 0 Å². The van der Waals surface area contributed by atoms with Crippen molar-refractivity contribution in [2.75, 3.05) is 28.2 Å². The predicted octanol–water partition coefficient (Wildman–Crippen LogP) is 1.04. The monoisotopic (exact) mass is 234 g/mol. The van der Waals surface area contributed by atoms with E-state index in [1.54, 1.807) is 7.05 Å². The van der Waals surface area contributed by atoms with Gasteiger partial charge in [-0.05, 0) is 25.2 Å². The van der Waals surface area contributed by atoms with E-state index in [1.165, 1.54) is 11.1 Å². The summed E-state index contributed by atoms with van der Waals surface area (Å²) in [5.41, 5.74) is 2.58. The molecule has 0 bridgehead atoms. The van der Waals surface area contributed by atoms with Crippen LogP contribution in [0.25, 0.3) is 0 Å². The van der Waals surface area contributed by atoms with E-state index in [2.05, 4.69) is 58.9 Å². The molecule has 0 saturated heterocycles. The Hall–Kier alpha value is -1.55. The molecule has 0 saturated carbocycles. The molecule has 0 amide bonds. The first-order valence-electron chi connectivity index (χ1n) is 5.76. The maximum Gasteiger partial charge on any atom is 0.190 e. The zero-order chi connectivity index (χ0) is 12.7. The second-order valence-electron chi connectivity index (χ2n) is 4.23. The van der Waals surface area contributed by atoms with E-state index in [4.69, 9.17) is 0 Å². The zero-order valence-electron chi connectivity index (χ0n) is 11.1. The van der Waals surface area contributed by atoms with Gasteiger partial charge in [-0.15, -0.1) is 0 Å². The van der Waals surface area contributed by atoms with Gasteiger partial charge >= 0.3 is 0 Å². The molecule has 0 heterocycles. The fraction of sp³-hybridized carbons (Fsp3) is 0.462. The van der Waals surface area contributed by atoms with Crippen LogP contribution in [0.5, 0.6) is 0 Å². The van der Waals surface area contributed by atoms with Gasteiger partial charge in [0.2, 0.25) is 0 Å². The molecule has 0 aliphatic carbocycles. The molecule has 1 aromatic carbocycles. The van der Waals surface area contributed by atoms with Crippen LogP contribution in [0.2, 0.25) is 0 Å². The Morgan fingerprint density at radius 1 is 1.18 bits per heavy atom. The third-order valence-corrected chi connectivity index (χ3v) is 2.44. The molecule has 1 rings (SSSR count). The van der Waals surface area contributed by atoms with Gasteiger partial charge in [-0.25, -0.2) is 0 Å². The van der Waals surface area contributed by atoms with Gasteiger partial charge in [0.15, 0.2) is 5.96 Å². The lowest BCUT2D eigenvalue weighted by Crippen LogP contribution is -2.34. The molecule has 0 fully saturated rings. The molecular formula is C13H22N4. The maximum atomic E-state index is 4.07. The van der Waals surface area contributed by atoms with Gasteiger partial charge in [-0.3, -0.25) is 4.99 Å². The van der Waals surface area contributed by atoms with Crippen LogP contribution in [0.3, 0.4) is 0 Å². The number of hydrogen-bond acceptors (Lipinski definition) is 2. The Kier molecular flexibility index (Phi) is 5.49. The molecule has 17 heavy (non-hydrogen) atoms. The lowest BCUT2D eigenvalue weighted by molar-refractivity contribution is 0.402. The van der Waals surface area contributed by atoms with Crippen molar-refractivity contribution in [2.45, 2.75) is 13.1 Å². The van der Waals surface area contributed by atoms with Crippen molar-refractivity contribution in [3.05, 3.63) is 35.4 Å². The van der Waals surface area contributed by atoms with E-state index in [9.17, 15) is 0 Å². The first-order chi connectivity index (χ1) is 8.15. The largest absolute Gasteiger partial charge is 0.359 e. The Bertz CT molecular complexity index is 354. The summed E-state index contributed by atoms with van der Waals surface area (Å²) in [7, 11) is 7.77. The van der Waals surface area contributed by atoms with Crippen LogP contribution < -0.4 is 10.6 Å². The van der Waals surface area contributed by atoms with Crippen LogP contribution in [0, 0.1) is 0 Å². The maximum absolute atomic E-state index is 4.07. The van der Waals surface area contributed by atoms with Crippen molar-refractivity contribution in [2.24, 2.45) is 4.99 Å². The zero-order valence-corrected chi connectivity index (χ0v) is 11.1. The summed E-state index contributed by atoms with van der Waals surface area (Å²) in [6.07, 6.45) is 0. The van der Waals surface area contributed by atoms with Crippen LogP contribution in [-0.4, -0.2) is 39.1 Å². The molecule has 0 atom stereocenters. The van der Waals surface area contributed by atoms with Crippen molar-refractivity contribution in [3.63, 3.8) is 0 Å². The number of rotatable bonds is 4. The summed E-state index contributed by atoms with van der Waals surface area (Å²) in [5.74, 6) is 0.808. The second-order valence-corrected chi connectivity index (χ2v) is 4.23. The highest BCUT2D eigenvalue weighted by molar-refractivity contribution is 5.79. The minimum Gasteiger partial charge on any atom is -0.359 e. The number of nitrogens with zero attached hydrogens (tertiary/aromatic N) is 2. The van der Waals surface area contributed by atoms with Gasteiger partial charge in [0, 0.05) is 27.2 Å². The molecule has 0 aliphatic rings. The molecule has 0 radical (unpaired) electrons. The molecule has 2 N–H and O–H groups in total. The van der Waals surface area contributed by atoms with Crippen LogP contribution in [0.15, 0.2) is 29.3 Å². The van der Waals surface area contributed by atoms with E-state index < -0.39 is 0 Å². The lowest BCUT2D eigenvalue weighted by Gasteiger charge is -2.11. The topological polar surface area (TPSA) is 39.7 Å². The van der Waals surface area contributed by atoms with Crippen LogP contribution >= 0.6 is 0 Å². The van der Waals surface area contributed by atoms with Crippen molar-refractivity contribution in [1.82, 2.24) is 15.5 Å². The highest BCUT2D eigenvalue weighted by atomic mass is 15.1. The summed E-state index contributed by atoms with van der Waals surface area (Å²) in [4.78, 5) is 6.23. The fourth-order valence-electron chi connectivity index (χ4n) is 1.59. The number of guanidine groups is 1. The van der Waals surface area contributed by atoms with E-state index in [1.807, 2.05) is 7.05 Å². The quantitative estimate of drug-likeness (QED) is 0.604. The van der Waals surface area contributed by atoms with Gasteiger partial charge < -0.3 is 15.5 Å². The molecular weight excluding hydrogens is 212 g/mol. The van der Waals surface area contributed by atoms with E-state index in [-0.39, 0.29) is 0 Å². The van der Waals surface area contributed by atoms with Crippen molar-refractivity contribution in [1.29, 1.82) is 0 Å². The highest BCUT2D eigenvalue weighted by Gasteiger charge is 1.97. The smallest absolute Gasteiger partial charge is 0.190 e. The number of aliphatic imine (C=N–C) groups is 1. The van der Waals surface area contributed by atoms with Crippen molar-refractivity contribution >= 4 is 5.96 Å². The standard InChI is InChI=1S/C13H22N4/c1-14-13(15-2)16-9-11-5-7-12(8-6-11)10-17(3)4/h5-8H,9-10H2,1-4H3,(H2,14,15,16). The average molecular weight is 234 g/mol. The highest BCUT2D eigenvalue weighted by Crippen LogP contribution is 2.05. The summed E-state index contributed by atoms with van der Waals surface area (Å²) < 4.78 is 0. The molecule has 94 valence electrons. The molecule has 0 aromatic heterocycles. The summed E-state index contributed by atoms with van der Waals surface area (Å²) in [5, 5.41) is 6.22. The molecule has 1 aromatic rings. The molecule has 4 heteroatoms. The first-order valence-corrected chi connectivity index (χ1v) is 5.76. The Balaban J connectivity index is 2.51. The number of benzene rings is 1. The Labute approximate surface area is 104 Å². The third-order valence-electron chi connectivity index (χ3n) is 2.44. The number of nitrogens with one attached hydrogen (secondary N) is 2. The number of hydrogen-bond donors (Lipinski definition) is 2. The van der Waals surface area contributed by atoms with Crippen LogP contribution in [-0.2, 0) is 13.1 Å². The molecule has 4 nitrogen and oxygen atoms in total. The summed E-state index contributed by atoms with van der Waals surface area (Å²) in [6, 6.07) is 8.63. The second kappa shape index (κ2) is 6.91. The van der Waals surface area contributed by atoms with E-state index in [0.29, 0.717) is 0 Å².